The molecule has 116 valence electrons. The van der Waals surface area contributed by atoms with E-state index in [0.717, 1.165) is 36.8 Å². The summed E-state index contributed by atoms with van der Waals surface area (Å²) in [5.74, 6) is -0.398. The third-order valence-corrected chi connectivity index (χ3v) is 4.43. The van der Waals surface area contributed by atoms with Crippen LogP contribution in [0.15, 0.2) is 18.2 Å². The Balaban J connectivity index is 1.89. The molecule has 2 rings (SSSR count). The molecular formula is C17H26N2O2. The van der Waals surface area contributed by atoms with Gasteiger partial charge in [-0.3, -0.25) is 4.79 Å². The van der Waals surface area contributed by atoms with Gasteiger partial charge in [0.05, 0.1) is 5.60 Å². The van der Waals surface area contributed by atoms with Crippen molar-refractivity contribution in [2.75, 3.05) is 6.54 Å². The quantitative estimate of drug-likeness (QED) is 0.728. The van der Waals surface area contributed by atoms with Crippen LogP contribution in [-0.4, -0.2) is 23.2 Å². The number of benzene rings is 1. The molecule has 1 amide bonds. The van der Waals surface area contributed by atoms with E-state index >= 15 is 0 Å². The summed E-state index contributed by atoms with van der Waals surface area (Å²) < 4.78 is 0. The molecule has 21 heavy (non-hydrogen) atoms. The number of primary amides is 1. The van der Waals surface area contributed by atoms with E-state index < -0.39 is 11.5 Å². The molecule has 1 aromatic rings. The molecular weight excluding hydrogens is 264 g/mol. The lowest BCUT2D eigenvalue weighted by molar-refractivity contribution is 0.0250. The summed E-state index contributed by atoms with van der Waals surface area (Å²) in [6.45, 7) is 3.31. The van der Waals surface area contributed by atoms with Crippen molar-refractivity contribution < 1.29 is 9.90 Å². The smallest absolute Gasteiger partial charge is 0.248 e. The fourth-order valence-electron chi connectivity index (χ4n) is 3.04. The van der Waals surface area contributed by atoms with Crippen molar-refractivity contribution in [3.8, 4) is 0 Å². The predicted molar refractivity (Wildman–Crippen MR) is 84.1 cm³/mol. The molecule has 1 aromatic carbocycles. The summed E-state index contributed by atoms with van der Waals surface area (Å²) in [6.07, 6.45) is 6.47. The maximum atomic E-state index is 11.1. The van der Waals surface area contributed by atoms with Gasteiger partial charge in [0.25, 0.3) is 0 Å². The van der Waals surface area contributed by atoms with Crippen LogP contribution in [0, 0.1) is 6.92 Å². The van der Waals surface area contributed by atoms with E-state index in [2.05, 4.69) is 5.32 Å². The fourth-order valence-corrected chi connectivity index (χ4v) is 3.04. The minimum Gasteiger partial charge on any atom is -0.389 e. The number of nitrogens with one attached hydrogen (secondary N) is 1. The van der Waals surface area contributed by atoms with Crippen LogP contribution in [0.4, 0.5) is 0 Å². The van der Waals surface area contributed by atoms with Gasteiger partial charge >= 0.3 is 0 Å². The van der Waals surface area contributed by atoms with Crippen molar-refractivity contribution in [1.29, 1.82) is 0 Å². The van der Waals surface area contributed by atoms with Crippen molar-refractivity contribution >= 4 is 5.91 Å². The SMILES string of the molecule is Cc1cc(C(N)=O)ccc1CNCC1(O)CCCCCC1. The summed E-state index contributed by atoms with van der Waals surface area (Å²) in [5.41, 5.74) is 7.44. The monoisotopic (exact) mass is 290 g/mol. The molecule has 0 heterocycles. The molecule has 0 atom stereocenters. The highest BCUT2D eigenvalue weighted by molar-refractivity contribution is 5.93. The molecule has 0 spiro atoms. The van der Waals surface area contributed by atoms with Crippen LogP contribution in [0.5, 0.6) is 0 Å². The molecule has 0 aliphatic heterocycles. The van der Waals surface area contributed by atoms with Crippen molar-refractivity contribution in [2.24, 2.45) is 5.73 Å². The average Bonchev–Trinajstić information content (AvgIpc) is 2.65. The first-order chi connectivity index (χ1) is 10.0. The number of hydrogen-bond acceptors (Lipinski definition) is 3. The fraction of sp³-hybridized carbons (Fsp3) is 0.588. The zero-order chi connectivity index (χ0) is 15.3. The number of aliphatic hydroxyl groups is 1. The highest BCUT2D eigenvalue weighted by atomic mass is 16.3. The average molecular weight is 290 g/mol. The van der Waals surface area contributed by atoms with Crippen molar-refractivity contribution in [2.45, 2.75) is 57.6 Å². The second-order valence-corrected chi connectivity index (χ2v) is 6.25. The highest BCUT2D eigenvalue weighted by Gasteiger charge is 2.27. The summed E-state index contributed by atoms with van der Waals surface area (Å²) in [5, 5.41) is 14.0. The predicted octanol–water partition coefficient (Wildman–Crippen LogP) is 2.27. The van der Waals surface area contributed by atoms with Gasteiger partial charge in [0.1, 0.15) is 0 Å². The molecule has 4 nitrogen and oxygen atoms in total. The lowest BCUT2D eigenvalue weighted by atomic mass is 9.94. The lowest BCUT2D eigenvalue weighted by Crippen LogP contribution is -2.40. The molecule has 0 saturated heterocycles. The van der Waals surface area contributed by atoms with E-state index in [0.29, 0.717) is 18.7 Å². The summed E-state index contributed by atoms with van der Waals surface area (Å²) in [6, 6.07) is 5.51. The van der Waals surface area contributed by atoms with Gasteiger partial charge in [0.15, 0.2) is 0 Å². The molecule has 1 saturated carbocycles. The molecule has 1 fully saturated rings. The van der Waals surface area contributed by atoms with E-state index in [4.69, 9.17) is 5.73 Å². The molecule has 1 aliphatic rings. The summed E-state index contributed by atoms with van der Waals surface area (Å²) >= 11 is 0. The zero-order valence-corrected chi connectivity index (χ0v) is 12.8. The molecule has 0 radical (unpaired) electrons. The Bertz CT molecular complexity index is 492. The maximum Gasteiger partial charge on any atom is 0.248 e. The van der Waals surface area contributed by atoms with Crippen LogP contribution in [0.25, 0.3) is 0 Å². The first-order valence-corrected chi connectivity index (χ1v) is 7.83. The standard InChI is InChI=1S/C17H26N2O2/c1-13-10-14(16(18)20)6-7-15(13)11-19-12-17(21)8-4-2-3-5-9-17/h6-7,10,19,21H,2-5,8-9,11-12H2,1H3,(H2,18,20). The van der Waals surface area contributed by atoms with Crippen LogP contribution in [0.2, 0.25) is 0 Å². The molecule has 1 aliphatic carbocycles. The van der Waals surface area contributed by atoms with Crippen molar-refractivity contribution in [3.63, 3.8) is 0 Å². The maximum absolute atomic E-state index is 11.1. The molecule has 0 aromatic heterocycles. The summed E-state index contributed by atoms with van der Waals surface area (Å²) in [4.78, 5) is 11.1. The Morgan fingerprint density at radius 2 is 1.95 bits per heavy atom. The Labute approximate surface area is 126 Å². The van der Waals surface area contributed by atoms with Gasteiger partial charge in [-0.2, -0.15) is 0 Å². The van der Waals surface area contributed by atoms with Crippen LogP contribution >= 0.6 is 0 Å². The zero-order valence-electron chi connectivity index (χ0n) is 12.8. The molecule has 4 heteroatoms. The number of nitrogens with two attached hydrogens (primary N) is 1. The van der Waals surface area contributed by atoms with Gasteiger partial charge in [-0.1, -0.05) is 31.7 Å². The first kappa shape index (κ1) is 16.0. The minimum absolute atomic E-state index is 0.398. The van der Waals surface area contributed by atoms with Gasteiger partial charge < -0.3 is 16.2 Å². The first-order valence-electron chi connectivity index (χ1n) is 7.83. The largest absolute Gasteiger partial charge is 0.389 e. The van der Waals surface area contributed by atoms with Crippen LogP contribution in [0.1, 0.15) is 60.0 Å². The number of rotatable bonds is 5. The van der Waals surface area contributed by atoms with Crippen LogP contribution in [0.3, 0.4) is 0 Å². The van der Waals surface area contributed by atoms with Gasteiger partial charge in [0.2, 0.25) is 5.91 Å². The number of aryl methyl sites for hydroxylation is 1. The molecule has 4 N–H and O–H groups in total. The van der Waals surface area contributed by atoms with Crippen molar-refractivity contribution in [3.05, 3.63) is 34.9 Å². The molecule has 0 unspecified atom stereocenters. The Kier molecular flexibility index (Phi) is 5.37. The number of carbonyl (C=O) groups excluding carboxylic acids is 1. The Morgan fingerprint density at radius 1 is 1.29 bits per heavy atom. The lowest BCUT2D eigenvalue weighted by Gasteiger charge is -2.27. The minimum atomic E-state index is -0.558. The van der Waals surface area contributed by atoms with Gasteiger partial charge in [0, 0.05) is 18.7 Å². The number of hydrogen-bond donors (Lipinski definition) is 3. The third kappa shape index (κ3) is 4.55. The Hall–Kier alpha value is -1.39. The van der Waals surface area contributed by atoms with E-state index in [1.165, 1.54) is 12.8 Å². The van der Waals surface area contributed by atoms with Gasteiger partial charge in [-0.15, -0.1) is 0 Å². The van der Waals surface area contributed by atoms with Gasteiger partial charge in [-0.05, 0) is 43.0 Å². The van der Waals surface area contributed by atoms with Gasteiger partial charge in [-0.25, -0.2) is 0 Å². The number of amides is 1. The van der Waals surface area contributed by atoms with E-state index in [-0.39, 0.29) is 0 Å². The normalized spacial score (nSPS) is 18.2. The Morgan fingerprint density at radius 3 is 2.52 bits per heavy atom. The third-order valence-electron chi connectivity index (χ3n) is 4.43. The highest BCUT2D eigenvalue weighted by Crippen LogP contribution is 2.26. The van der Waals surface area contributed by atoms with E-state index in [1.807, 2.05) is 19.1 Å². The second-order valence-electron chi connectivity index (χ2n) is 6.25. The van der Waals surface area contributed by atoms with E-state index in [1.54, 1.807) is 6.07 Å². The second kappa shape index (κ2) is 7.05. The van der Waals surface area contributed by atoms with Crippen LogP contribution < -0.4 is 11.1 Å². The topological polar surface area (TPSA) is 75.4 Å². The van der Waals surface area contributed by atoms with Crippen LogP contribution in [-0.2, 0) is 6.54 Å². The number of carbonyl (C=O) groups is 1. The molecule has 0 bridgehead atoms. The van der Waals surface area contributed by atoms with Crippen molar-refractivity contribution in [1.82, 2.24) is 5.32 Å². The summed E-state index contributed by atoms with van der Waals surface area (Å²) in [7, 11) is 0. The van der Waals surface area contributed by atoms with E-state index in [9.17, 15) is 9.90 Å².